The van der Waals surface area contributed by atoms with Crippen LogP contribution in [0.4, 0.5) is 0 Å². The average molecular weight is 265 g/mol. The summed E-state index contributed by atoms with van der Waals surface area (Å²) in [5.74, 6) is 3.48. The molecule has 98 valence electrons. The molecule has 0 spiro atoms. The van der Waals surface area contributed by atoms with Crippen molar-refractivity contribution in [1.82, 2.24) is 4.90 Å². The van der Waals surface area contributed by atoms with Crippen LogP contribution in [-0.2, 0) is 4.79 Å². The van der Waals surface area contributed by atoms with Crippen molar-refractivity contribution in [2.24, 2.45) is 5.92 Å². The largest absolute Gasteiger partial charge is 0.463 e. The van der Waals surface area contributed by atoms with Crippen LogP contribution in [0.15, 0.2) is 16.5 Å². The van der Waals surface area contributed by atoms with Gasteiger partial charge in [-0.3, -0.25) is 4.79 Å². The fourth-order valence-electron chi connectivity index (χ4n) is 2.92. The van der Waals surface area contributed by atoms with E-state index in [1.54, 1.807) is 0 Å². The summed E-state index contributed by atoms with van der Waals surface area (Å²) in [5.41, 5.74) is 0. The minimum atomic E-state index is 0.104. The van der Waals surface area contributed by atoms with Gasteiger partial charge in [0, 0.05) is 18.2 Å². The first-order chi connectivity index (χ1) is 8.75. The van der Waals surface area contributed by atoms with Crippen molar-refractivity contribution in [2.75, 3.05) is 12.3 Å². The molecule has 0 radical (unpaired) electrons. The molecule has 1 unspecified atom stereocenters. The molecule has 1 atom stereocenters. The lowest BCUT2D eigenvalue weighted by Gasteiger charge is -2.25. The molecular weight excluding hydrogens is 246 g/mol. The summed E-state index contributed by atoms with van der Waals surface area (Å²) in [6.07, 6.45) is 4.57. The van der Waals surface area contributed by atoms with E-state index in [9.17, 15) is 4.79 Å². The van der Waals surface area contributed by atoms with Crippen LogP contribution < -0.4 is 0 Å². The molecule has 2 aliphatic rings. The highest BCUT2D eigenvalue weighted by Crippen LogP contribution is 2.41. The molecule has 1 aliphatic heterocycles. The maximum Gasteiger partial charge on any atom is 0.226 e. The summed E-state index contributed by atoms with van der Waals surface area (Å²) in [7, 11) is 0. The molecule has 2 heterocycles. The van der Waals surface area contributed by atoms with Gasteiger partial charge in [0.15, 0.2) is 0 Å². The molecule has 1 aliphatic carbocycles. The second kappa shape index (κ2) is 5.00. The van der Waals surface area contributed by atoms with Gasteiger partial charge < -0.3 is 9.32 Å². The maximum absolute atomic E-state index is 12.5. The third kappa shape index (κ3) is 2.18. The van der Waals surface area contributed by atoms with Gasteiger partial charge in [0.1, 0.15) is 16.9 Å². The standard InChI is InChI=1S/C14H19NO2S/c1-10-6-7-12(17-10)14-15(8-9-18-14)13(16)11-4-2-3-5-11/h6-7,11,14H,2-5,8-9H2,1H3. The Morgan fingerprint density at radius 3 is 2.83 bits per heavy atom. The van der Waals surface area contributed by atoms with Gasteiger partial charge in [-0.15, -0.1) is 11.8 Å². The molecule has 3 rings (SSSR count). The van der Waals surface area contributed by atoms with E-state index in [1.807, 2.05) is 35.7 Å². The predicted molar refractivity (Wildman–Crippen MR) is 72.3 cm³/mol. The molecule has 1 amide bonds. The molecule has 0 bridgehead atoms. The van der Waals surface area contributed by atoms with Crippen LogP contribution in [0.2, 0.25) is 0 Å². The molecule has 3 nitrogen and oxygen atoms in total. The van der Waals surface area contributed by atoms with Crippen molar-refractivity contribution in [1.29, 1.82) is 0 Å². The lowest BCUT2D eigenvalue weighted by atomic mass is 10.1. The summed E-state index contributed by atoms with van der Waals surface area (Å²) in [5, 5.41) is 0.104. The van der Waals surface area contributed by atoms with E-state index in [-0.39, 0.29) is 11.3 Å². The second-order valence-corrected chi connectivity index (χ2v) is 6.37. The highest BCUT2D eigenvalue weighted by Gasteiger charge is 2.36. The summed E-state index contributed by atoms with van der Waals surface area (Å²) in [4.78, 5) is 14.5. The fourth-order valence-corrected chi connectivity index (χ4v) is 4.13. The van der Waals surface area contributed by atoms with Gasteiger partial charge in [0.05, 0.1) is 0 Å². The summed E-state index contributed by atoms with van der Waals surface area (Å²) >= 11 is 1.82. The Bertz CT molecular complexity index is 437. The lowest BCUT2D eigenvalue weighted by molar-refractivity contribution is -0.135. The monoisotopic (exact) mass is 265 g/mol. The van der Waals surface area contributed by atoms with E-state index in [1.165, 1.54) is 12.8 Å². The van der Waals surface area contributed by atoms with E-state index >= 15 is 0 Å². The van der Waals surface area contributed by atoms with Gasteiger partial charge in [-0.1, -0.05) is 12.8 Å². The number of nitrogens with zero attached hydrogens (tertiary/aromatic N) is 1. The number of carbonyl (C=O) groups excluding carboxylic acids is 1. The zero-order valence-corrected chi connectivity index (χ0v) is 11.5. The van der Waals surface area contributed by atoms with E-state index in [0.717, 1.165) is 36.7 Å². The Morgan fingerprint density at radius 1 is 1.39 bits per heavy atom. The van der Waals surface area contributed by atoms with E-state index in [4.69, 9.17) is 4.42 Å². The summed E-state index contributed by atoms with van der Waals surface area (Å²) in [6, 6.07) is 3.99. The fraction of sp³-hybridized carbons (Fsp3) is 0.643. The van der Waals surface area contributed by atoms with Crippen molar-refractivity contribution in [2.45, 2.75) is 38.0 Å². The number of furan rings is 1. The number of rotatable bonds is 2. The molecular formula is C14H19NO2S. The van der Waals surface area contributed by atoms with E-state index < -0.39 is 0 Å². The van der Waals surface area contributed by atoms with Crippen LogP contribution in [0.5, 0.6) is 0 Å². The zero-order chi connectivity index (χ0) is 12.5. The number of hydrogen-bond donors (Lipinski definition) is 0. The molecule has 1 aromatic rings. The average Bonchev–Trinajstić information content (AvgIpc) is 3.09. The van der Waals surface area contributed by atoms with Crippen molar-refractivity contribution in [3.05, 3.63) is 23.7 Å². The van der Waals surface area contributed by atoms with Crippen molar-refractivity contribution >= 4 is 17.7 Å². The molecule has 0 N–H and O–H groups in total. The maximum atomic E-state index is 12.5. The normalized spacial score (nSPS) is 24.9. The third-order valence-electron chi connectivity index (χ3n) is 3.88. The van der Waals surface area contributed by atoms with Gasteiger partial charge >= 0.3 is 0 Å². The SMILES string of the molecule is Cc1ccc(C2SCCN2C(=O)C2CCCC2)o1. The summed E-state index contributed by atoms with van der Waals surface area (Å²) < 4.78 is 5.70. The van der Waals surface area contributed by atoms with Crippen molar-refractivity contribution in [3.63, 3.8) is 0 Å². The second-order valence-electron chi connectivity index (χ2n) is 5.18. The molecule has 18 heavy (non-hydrogen) atoms. The number of hydrogen-bond acceptors (Lipinski definition) is 3. The van der Waals surface area contributed by atoms with Crippen LogP contribution in [0.1, 0.15) is 42.6 Å². The molecule has 2 fully saturated rings. The van der Waals surface area contributed by atoms with E-state index in [2.05, 4.69) is 0 Å². The molecule has 4 heteroatoms. The van der Waals surface area contributed by atoms with Crippen molar-refractivity contribution < 1.29 is 9.21 Å². The van der Waals surface area contributed by atoms with Crippen LogP contribution in [0.3, 0.4) is 0 Å². The minimum Gasteiger partial charge on any atom is -0.463 e. The van der Waals surface area contributed by atoms with Crippen LogP contribution in [0, 0.1) is 12.8 Å². The van der Waals surface area contributed by atoms with Gasteiger partial charge in [-0.2, -0.15) is 0 Å². The number of carbonyl (C=O) groups is 1. The first-order valence-electron chi connectivity index (χ1n) is 6.74. The highest BCUT2D eigenvalue weighted by atomic mass is 32.2. The van der Waals surface area contributed by atoms with E-state index in [0.29, 0.717) is 5.91 Å². The Morgan fingerprint density at radius 2 is 2.17 bits per heavy atom. The molecule has 0 aromatic carbocycles. The topological polar surface area (TPSA) is 33.5 Å². The molecule has 1 saturated carbocycles. The smallest absolute Gasteiger partial charge is 0.226 e. The number of thioether (sulfide) groups is 1. The Balaban J connectivity index is 1.76. The third-order valence-corrected chi connectivity index (χ3v) is 5.10. The Labute approximate surface area is 112 Å². The molecule has 1 saturated heterocycles. The van der Waals surface area contributed by atoms with Crippen LogP contribution in [-0.4, -0.2) is 23.1 Å². The van der Waals surface area contributed by atoms with Gasteiger partial charge in [0.2, 0.25) is 5.91 Å². The molecule has 1 aromatic heterocycles. The lowest BCUT2D eigenvalue weighted by Crippen LogP contribution is -2.34. The Hall–Kier alpha value is -0.900. The first-order valence-corrected chi connectivity index (χ1v) is 7.79. The minimum absolute atomic E-state index is 0.104. The van der Waals surface area contributed by atoms with Gasteiger partial charge in [0.25, 0.3) is 0 Å². The predicted octanol–water partition coefficient (Wildman–Crippen LogP) is 3.35. The Kier molecular flexibility index (Phi) is 3.37. The highest BCUT2D eigenvalue weighted by molar-refractivity contribution is 7.99. The first kappa shape index (κ1) is 12.2. The number of amides is 1. The van der Waals surface area contributed by atoms with Gasteiger partial charge in [-0.25, -0.2) is 0 Å². The van der Waals surface area contributed by atoms with Crippen LogP contribution >= 0.6 is 11.8 Å². The summed E-state index contributed by atoms with van der Waals surface area (Å²) in [6.45, 7) is 2.82. The van der Waals surface area contributed by atoms with Crippen molar-refractivity contribution in [3.8, 4) is 0 Å². The van der Waals surface area contributed by atoms with Crippen LogP contribution in [0.25, 0.3) is 0 Å². The quantitative estimate of drug-likeness (QED) is 0.822. The number of aryl methyl sites for hydroxylation is 1. The zero-order valence-electron chi connectivity index (χ0n) is 10.7. The van der Waals surface area contributed by atoms with Gasteiger partial charge in [-0.05, 0) is 31.9 Å².